The molecule has 5 aromatic carbocycles. The van der Waals surface area contributed by atoms with Crippen molar-refractivity contribution in [1.29, 1.82) is 0 Å². The Morgan fingerprint density at radius 1 is 0.348 bits per heavy atom. The van der Waals surface area contributed by atoms with Crippen LogP contribution in [0.25, 0.3) is 44.5 Å². The lowest BCUT2D eigenvalue weighted by Crippen LogP contribution is -2.03. The molecule has 5 aromatic rings. The molecule has 0 saturated heterocycles. The van der Waals surface area contributed by atoms with E-state index in [1.807, 2.05) is 36.4 Å². The zero-order valence-corrected chi connectivity index (χ0v) is 25.7. The van der Waals surface area contributed by atoms with Crippen LogP contribution in [0.1, 0.15) is 41.4 Å². The topological polar surface area (TPSA) is 105 Å². The van der Waals surface area contributed by atoms with Gasteiger partial charge in [0.1, 0.15) is 0 Å². The quantitative estimate of drug-likeness (QED) is 0.131. The van der Waals surface area contributed by atoms with Crippen molar-refractivity contribution in [3.05, 3.63) is 131 Å². The molecule has 8 heteroatoms. The Labute approximate surface area is 266 Å². The number of carbonyl (C=O) groups excluding carboxylic acids is 4. The van der Waals surface area contributed by atoms with Crippen LogP contribution in [0.4, 0.5) is 0 Å². The average molecular weight is 615 g/mol. The summed E-state index contributed by atoms with van der Waals surface area (Å²) in [5, 5.41) is 0. The summed E-state index contributed by atoms with van der Waals surface area (Å²) < 4.78 is 19.9. The van der Waals surface area contributed by atoms with E-state index >= 15 is 0 Å². The van der Waals surface area contributed by atoms with E-state index in [4.69, 9.17) is 18.9 Å². The van der Waals surface area contributed by atoms with Gasteiger partial charge < -0.3 is 18.9 Å². The van der Waals surface area contributed by atoms with Gasteiger partial charge in [-0.05, 0) is 105 Å². The van der Waals surface area contributed by atoms with E-state index in [1.165, 1.54) is 28.4 Å². The number of carbonyl (C=O) groups is 4. The molecule has 46 heavy (non-hydrogen) atoms. The normalized spacial score (nSPS) is 10.5. The van der Waals surface area contributed by atoms with Crippen molar-refractivity contribution in [1.82, 2.24) is 0 Å². The molecular formula is C38H30O8. The first-order chi connectivity index (χ1) is 22.3. The molecular weight excluding hydrogens is 584 g/mol. The smallest absolute Gasteiger partial charge is 0.337 e. The maximum absolute atomic E-state index is 12.5. The van der Waals surface area contributed by atoms with Crippen molar-refractivity contribution in [2.75, 3.05) is 28.4 Å². The molecule has 0 saturated carbocycles. The summed E-state index contributed by atoms with van der Waals surface area (Å²) in [7, 11) is 5.29. The van der Waals surface area contributed by atoms with Gasteiger partial charge in [-0.25, -0.2) is 19.2 Å². The molecule has 0 spiro atoms. The van der Waals surface area contributed by atoms with Gasteiger partial charge in [-0.1, -0.05) is 48.5 Å². The van der Waals surface area contributed by atoms with Crippen molar-refractivity contribution < 1.29 is 38.1 Å². The molecule has 0 amide bonds. The summed E-state index contributed by atoms with van der Waals surface area (Å²) in [6, 6.07) is 32.1. The third-order valence-electron chi connectivity index (χ3n) is 7.54. The second-order valence-electron chi connectivity index (χ2n) is 10.2. The Hall–Kier alpha value is -6.02. The summed E-state index contributed by atoms with van der Waals surface area (Å²) in [4.78, 5) is 50.1. The lowest BCUT2D eigenvalue weighted by atomic mass is 9.84. The molecule has 0 unspecified atom stereocenters. The van der Waals surface area contributed by atoms with Crippen molar-refractivity contribution in [3.8, 4) is 44.5 Å². The van der Waals surface area contributed by atoms with Crippen LogP contribution in [0.2, 0.25) is 0 Å². The van der Waals surface area contributed by atoms with Gasteiger partial charge in [0.2, 0.25) is 0 Å². The van der Waals surface area contributed by atoms with Gasteiger partial charge in [0.15, 0.2) is 0 Å². The Balaban J connectivity index is 1.88. The van der Waals surface area contributed by atoms with Crippen molar-refractivity contribution >= 4 is 23.9 Å². The monoisotopic (exact) mass is 614 g/mol. The van der Waals surface area contributed by atoms with Gasteiger partial charge in [-0.2, -0.15) is 0 Å². The second-order valence-corrected chi connectivity index (χ2v) is 10.2. The molecule has 0 N–H and O–H groups in total. The van der Waals surface area contributed by atoms with Crippen LogP contribution in [0.3, 0.4) is 0 Å². The molecule has 8 nitrogen and oxygen atoms in total. The maximum Gasteiger partial charge on any atom is 0.337 e. The lowest BCUT2D eigenvalue weighted by molar-refractivity contribution is 0.0592. The molecule has 5 rings (SSSR count). The Morgan fingerprint density at radius 3 is 0.761 bits per heavy atom. The number of rotatable bonds is 8. The van der Waals surface area contributed by atoms with Crippen LogP contribution >= 0.6 is 0 Å². The molecule has 230 valence electrons. The molecule has 0 aliphatic carbocycles. The zero-order chi connectivity index (χ0) is 32.8. The van der Waals surface area contributed by atoms with Crippen LogP contribution in [-0.4, -0.2) is 52.3 Å². The van der Waals surface area contributed by atoms with E-state index in [9.17, 15) is 19.2 Å². The van der Waals surface area contributed by atoms with Crippen molar-refractivity contribution in [2.24, 2.45) is 0 Å². The van der Waals surface area contributed by atoms with Crippen LogP contribution in [0.15, 0.2) is 109 Å². The highest BCUT2D eigenvalue weighted by molar-refractivity contribution is 6.00. The van der Waals surface area contributed by atoms with E-state index < -0.39 is 23.9 Å². The summed E-state index contributed by atoms with van der Waals surface area (Å²) in [6.45, 7) is 0. The van der Waals surface area contributed by atoms with Gasteiger partial charge in [0.25, 0.3) is 0 Å². The summed E-state index contributed by atoms with van der Waals surface area (Å²) in [5.74, 6) is -1.95. The largest absolute Gasteiger partial charge is 0.465 e. The van der Waals surface area contributed by atoms with Crippen LogP contribution in [0.5, 0.6) is 0 Å². The Kier molecular flexibility index (Phi) is 9.38. The minimum atomic E-state index is -0.488. The first-order valence-corrected chi connectivity index (χ1v) is 14.2. The van der Waals surface area contributed by atoms with E-state index in [0.717, 1.165) is 22.3 Å². The minimum absolute atomic E-state index is 0.360. The van der Waals surface area contributed by atoms with Gasteiger partial charge in [0.05, 0.1) is 50.7 Å². The molecule has 0 heterocycles. The highest BCUT2D eigenvalue weighted by Crippen LogP contribution is 2.43. The number of benzene rings is 5. The lowest BCUT2D eigenvalue weighted by Gasteiger charge is -2.19. The average Bonchev–Trinajstić information content (AvgIpc) is 3.13. The Bertz CT molecular complexity index is 1690. The van der Waals surface area contributed by atoms with E-state index in [2.05, 4.69) is 0 Å². The molecule has 0 aromatic heterocycles. The molecule has 0 radical (unpaired) electrons. The van der Waals surface area contributed by atoms with Gasteiger partial charge >= 0.3 is 23.9 Å². The molecule has 0 aliphatic heterocycles. The van der Waals surface area contributed by atoms with Gasteiger partial charge in [-0.3, -0.25) is 0 Å². The third kappa shape index (κ3) is 6.42. The van der Waals surface area contributed by atoms with Gasteiger partial charge in [0, 0.05) is 0 Å². The standard InChI is InChI=1S/C38H30O8/c1-43-35(39)27-13-5-9-23(17-27)31-21-33(25-11-7-15-29(19-25)37(41)45-3)34(26-12-8-16-30(20-26)38(42)46-4)22-32(31)24-10-6-14-28(18-24)36(40)44-2/h5-22H,1-4H3. The second kappa shape index (κ2) is 13.7. The minimum Gasteiger partial charge on any atom is -0.465 e. The summed E-state index contributed by atoms with van der Waals surface area (Å²) >= 11 is 0. The first-order valence-electron chi connectivity index (χ1n) is 14.2. The fourth-order valence-corrected chi connectivity index (χ4v) is 5.28. The SMILES string of the molecule is COC(=O)c1cccc(-c2cc(-c3cccc(C(=O)OC)c3)c(-c3cccc(C(=O)OC)c3)cc2-c2cccc(C(=O)OC)c2)c1. The fourth-order valence-electron chi connectivity index (χ4n) is 5.28. The maximum atomic E-state index is 12.5. The number of hydrogen-bond acceptors (Lipinski definition) is 8. The molecule has 0 aliphatic rings. The Morgan fingerprint density at radius 2 is 0.565 bits per heavy atom. The molecule has 0 atom stereocenters. The molecule has 0 fully saturated rings. The fraction of sp³-hybridized carbons (Fsp3) is 0.105. The number of esters is 4. The highest BCUT2D eigenvalue weighted by atomic mass is 16.5. The van der Waals surface area contributed by atoms with E-state index in [0.29, 0.717) is 44.5 Å². The third-order valence-corrected chi connectivity index (χ3v) is 7.54. The summed E-state index contributed by atoms with van der Waals surface area (Å²) in [6.07, 6.45) is 0. The van der Waals surface area contributed by atoms with Crippen molar-refractivity contribution in [2.45, 2.75) is 0 Å². The van der Waals surface area contributed by atoms with Gasteiger partial charge in [-0.15, -0.1) is 0 Å². The number of methoxy groups -OCH3 is 4. The van der Waals surface area contributed by atoms with Crippen LogP contribution in [0, 0.1) is 0 Å². The molecule has 0 bridgehead atoms. The van der Waals surface area contributed by atoms with Crippen molar-refractivity contribution in [3.63, 3.8) is 0 Å². The summed E-state index contributed by atoms with van der Waals surface area (Å²) in [5.41, 5.74) is 7.22. The van der Waals surface area contributed by atoms with Crippen LogP contribution < -0.4 is 0 Å². The van der Waals surface area contributed by atoms with Crippen LogP contribution in [-0.2, 0) is 18.9 Å². The zero-order valence-electron chi connectivity index (χ0n) is 25.7. The first kappa shape index (κ1) is 31.4. The number of hydrogen-bond donors (Lipinski definition) is 0. The predicted molar refractivity (Wildman–Crippen MR) is 174 cm³/mol. The van der Waals surface area contributed by atoms with E-state index in [-0.39, 0.29) is 0 Å². The van der Waals surface area contributed by atoms with E-state index in [1.54, 1.807) is 72.8 Å². The highest BCUT2D eigenvalue weighted by Gasteiger charge is 2.20. The number of ether oxygens (including phenoxy) is 4. The predicted octanol–water partition coefficient (Wildman–Crippen LogP) is 7.50.